The van der Waals surface area contributed by atoms with Crippen molar-refractivity contribution < 1.29 is 19.1 Å². The molecule has 0 unspecified atom stereocenters. The average molecular weight is 288 g/mol. The SMILES string of the molecule is C=CCOC(=O)[C@@]1(C)C(=O)Oc2cc(C(C)(C)C)ccc21. The summed E-state index contributed by atoms with van der Waals surface area (Å²) in [6, 6.07) is 5.51. The number of carbonyl (C=O) groups excluding carboxylic acids is 2. The molecular weight excluding hydrogens is 268 g/mol. The van der Waals surface area contributed by atoms with Crippen LogP contribution in [0.25, 0.3) is 0 Å². The van der Waals surface area contributed by atoms with Crippen LogP contribution in [0.5, 0.6) is 5.75 Å². The molecule has 0 saturated carbocycles. The Morgan fingerprint density at radius 3 is 2.67 bits per heavy atom. The zero-order valence-electron chi connectivity index (χ0n) is 12.9. The summed E-state index contributed by atoms with van der Waals surface area (Å²) in [7, 11) is 0. The van der Waals surface area contributed by atoms with E-state index in [9.17, 15) is 9.59 Å². The number of fused-ring (bicyclic) bond motifs is 1. The van der Waals surface area contributed by atoms with E-state index in [1.165, 1.54) is 13.0 Å². The second-order valence-electron chi connectivity index (χ2n) is 6.36. The highest BCUT2D eigenvalue weighted by molar-refractivity contribution is 6.09. The van der Waals surface area contributed by atoms with Crippen LogP contribution in [-0.2, 0) is 25.2 Å². The van der Waals surface area contributed by atoms with Gasteiger partial charge >= 0.3 is 11.9 Å². The molecule has 1 aromatic carbocycles. The van der Waals surface area contributed by atoms with Crippen molar-refractivity contribution in [1.82, 2.24) is 0 Å². The van der Waals surface area contributed by atoms with E-state index in [0.717, 1.165) is 5.56 Å². The van der Waals surface area contributed by atoms with Crippen LogP contribution < -0.4 is 4.74 Å². The van der Waals surface area contributed by atoms with Crippen molar-refractivity contribution in [2.75, 3.05) is 6.61 Å². The lowest BCUT2D eigenvalue weighted by molar-refractivity contribution is -0.156. The zero-order valence-corrected chi connectivity index (χ0v) is 12.9. The van der Waals surface area contributed by atoms with Crippen molar-refractivity contribution in [3.05, 3.63) is 42.0 Å². The minimum atomic E-state index is -1.41. The van der Waals surface area contributed by atoms with E-state index in [4.69, 9.17) is 9.47 Å². The van der Waals surface area contributed by atoms with Crippen molar-refractivity contribution in [2.45, 2.75) is 38.5 Å². The molecule has 112 valence electrons. The van der Waals surface area contributed by atoms with Crippen LogP contribution >= 0.6 is 0 Å². The first kappa shape index (κ1) is 15.3. The Bertz CT molecular complexity index is 610. The third kappa shape index (κ3) is 2.46. The lowest BCUT2D eigenvalue weighted by atomic mass is 9.81. The number of esters is 2. The largest absolute Gasteiger partial charge is 0.460 e. The maximum Gasteiger partial charge on any atom is 0.333 e. The van der Waals surface area contributed by atoms with Gasteiger partial charge in [0, 0.05) is 5.56 Å². The van der Waals surface area contributed by atoms with Crippen LogP contribution in [0, 0.1) is 0 Å². The summed E-state index contributed by atoms with van der Waals surface area (Å²) in [6.45, 7) is 11.3. The molecule has 0 amide bonds. The smallest absolute Gasteiger partial charge is 0.333 e. The highest BCUT2D eigenvalue weighted by atomic mass is 16.6. The maximum absolute atomic E-state index is 12.2. The van der Waals surface area contributed by atoms with Crippen LogP contribution in [0.4, 0.5) is 0 Å². The quantitative estimate of drug-likeness (QED) is 0.371. The number of benzene rings is 1. The van der Waals surface area contributed by atoms with Crippen LogP contribution in [0.3, 0.4) is 0 Å². The topological polar surface area (TPSA) is 52.6 Å². The number of ether oxygens (including phenoxy) is 2. The van der Waals surface area contributed by atoms with E-state index in [0.29, 0.717) is 11.3 Å². The first-order valence-corrected chi connectivity index (χ1v) is 6.86. The van der Waals surface area contributed by atoms with E-state index in [-0.39, 0.29) is 12.0 Å². The van der Waals surface area contributed by atoms with Gasteiger partial charge in [0.1, 0.15) is 12.4 Å². The fourth-order valence-electron chi connectivity index (χ4n) is 2.27. The van der Waals surface area contributed by atoms with Gasteiger partial charge in [-0.1, -0.05) is 45.6 Å². The lowest BCUT2D eigenvalue weighted by Gasteiger charge is -2.21. The van der Waals surface area contributed by atoms with Crippen molar-refractivity contribution in [3.8, 4) is 5.75 Å². The minimum Gasteiger partial charge on any atom is -0.460 e. The Morgan fingerprint density at radius 1 is 1.43 bits per heavy atom. The Kier molecular flexibility index (Phi) is 3.66. The molecule has 0 aromatic heterocycles. The molecule has 4 nitrogen and oxygen atoms in total. The van der Waals surface area contributed by atoms with Gasteiger partial charge in [0.2, 0.25) is 0 Å². The predicted octanol–water partition coefficient (Wildman–Crippen LogP) is 2.89. The summed E-state index contributed by atoms with van der Waals surface area (Å²) in [5, 5.41) is 0. The Labute approximate surface area is 124 Å². The van der Waals surface area contributed by atoms with Gasteiger partial charge in [-0.2, -0.15) is 0 Å². The van der Waals surface area contributed by atoms with E-state index in [1.807, 2.05) is 12.1 Å². The summed E-state index contributed by atoms with van der Waals surface area (Å²) >= 11 is 0. The van der Waals surface area contributed by atoms with E-state index < -0.39 is 17.4 Å². The fourth-order valence-corrected chi connectivity index (χ4v) is 2.27. The van der Waals surface area contributed by atoms with Crippen molar-refractivity contribution in [3.63, 3.8) is 0 Å². The van der Waals surface area contributed by atoms with E-state index in [2.05, 4.69) is 27.4 Å². The van der Waals surface area contributed by atoms with Gasteiger partial charge in [-0.05, 0) is 24.0 Å². The fraction of sp³-hybridized carbons (Fsp3) is 0.412. The molecule has 0 N–H and O–H groups in total. The summed E-state index contributed by atoms with van der Waals surface area (Å²) in [4.78, 5) is 24.4. The summed E-state index contributed by atoms with van der Waals surface area (Å²) in [6.07, 6.45) is 1.46. The lowest BCUT2D eigenvalue weighted by Crippen LogP contribution is -2.40. The second-order valence-corrected chi connectivity index (χ2v) is 6.36. The van der Waals surface area contributed by atoms with Gasteiger partial charge in [-0.25, -0.2) is 0 Å². The predicted molar refractivity (Wildman–Crippen MR) is 79.3 cm³/mol. The molecule has 1 aliphatic rings. The molecule has 1 aromatic rings. The summed E-state index contributed by atoms with van der Waals surface area (Å²) in [5.74, 6) is -0.780. The summed E-state index contributed by atoms with van der Waals surface area (Å²) in [5.41, 5.74) is 0.116. The normalized spacial score (nSPS) is 20.7. The van der Waals surface area contributed by atoms with Gasteiger partial charge in [-0.3, -0.25) is 9.59 Å². The highest BCUT2D eigenvalue weighted by Crippen LogP contribution is 2.42. The van der Waals surface area contributed by atoms with Crippen molar-refractivity contribution in [2.24, 2.45) is 0 Å². The molecule has 0 bridgehead atoms. The van der Waals surface area contributed by atoms with Crippen LogP contribution in [0.15, 0.2) is 30.9 Å². The Hall–Kier alpha value is -2.10. The zero-order chi connectivity index (χ0) is 15.8. The van der Waals surface area contributed by atoms with Gasteiger partial charge in [0.25, 0.3) is 0 Å². The first-order valence-electron chi connectivity index (χ1n) is 6.86. The van der Waals surface area contributed by atoms with Gasteiger partial charge in [-0.15, -0.1) is 0 Å². The van der Waals surface area contributed by atoms with E-state index >= 15 is 0 Å². The molecule has 0 aliphatic carbocycles. The molecule has 2 rings (SSSR count). The van der Waals surface area contributed by atoms with Gasteiger partial charge in [0.15, 0.2) is 5.41 Å². The molecule has 1 heterocycles. The third-order valence-electron chi connectivity index (χ3n) is 3.74. The van der Waals surface area contributed by atoms with Crippen LogP contribution in [0.2, 0.25) is 0 Å². The highest BCUT2D eigenvalue weighted by Gasteiger charge is 2.52. The molecule has 0 spiro atoms. The monoisotopic (exact) mass is 288 g/mol. The minimum absolute atomic E-state index is 0.0657. The Balaban J connectivity index is 2.44. The molecular formula is C17H20O4. The summed E-state index contributed by atoms with van der Waals surface area (Å²) < 4.78 is 10.3. The molecule has 0 fully saturated rings. The molecule has 21 heavy (non-hydrogen) atoms. The number of carbonyl (C=O) groups is 2. The Morgan fingerprint density at radius 2 is 2.10 bits per heavy atom. The second kappa shape index (κ2) is 5.02. The van der Waals surface area contributed by atoms with Gasteiger partial charge < -0.3 is 9.47 Å². The molecule has 4 heteroatoms. The van der Waals surface area contributed by atoms with Crippen LogP contribution in [0.1, 0.15) is 38.8 Å². The number of hydrogen-bond donors (Lipinski definition) is 0. The molecule has 0 saturated heterocycles. The van der Waals surface area contributed by atoms with Crippen molar-refractivity contribution >= 4 is 11.9 Å². The molecule has 1 aliphatic heterocycles. The number of hydrogen-bond acceptors (Lipinski definition) is 4. The average Bonchev–Trinajstić information content (AvgIpc) is 2.67. The third-order valence-corrected chi connectivity index (χ3v) is 3.74. The maximum atomic E-state index is 12.2. The molecule has 0 radical (unpaired) electrons. The molecule has 1 atom stereocenters. The van der Waals surface area contributed by atoms with E-state index in [1.54, 1.807) is 6.07 Å². The van der Waals surface area contributed by atoms with Crippen LogP contribution in [-0.4, -0.2) is 18.5 Å². The van der Waals surface area contributed by atoms with Gasteiger partial charge in [0.05, 0.1) is 0 Å². The number of rotatable bonds is 3. The standard InChI is InChI=1S/C17H20O4/c1-6-9-20-14(18)17(5)12-8-7-11(16(2,3)4)10-13(12)21-15(17)19/h6-8,10H,1,9H2,2-5H3/t17-/m0/s1. The first-order chi connectivity index (χ1) is 9.71. The van der Waals surface area contributed by atoms with Crippen molar-refractivity contribution in [1.29, 1.82) is 0 Å².